The van der Waals surface area contributed by atoms with E-state index in [1.165, 1.54) is 17.1 Å². The van der Waals surface area contributed by atoms with Crippen LogP contribution in [0.25, 0.3) is 0 Å². The van der Waals surface area contributed by atoms with Crippen LogP contribution >= 0.6 is 0 Å². The molecule has 2 aromatic rings. The van der Waals surface area contributed by atoms with E-state index in [4.69, 9.17) is 4.74 Å². The topological polar surface area (TPSA) is 62.1 Å². The highest BCUT2D eigenvalue weighted by atomic mass is 19.4. The van der Waals surface area contributed by atoms with Gasteiger partial charge in [0, 0.05) is 5.56 Å². The molecular formula is C22H21F3N2O3. The van der Waals surface area contributed by atoms with E-state index >= 15 is 0 Å². The van der Waals surface area contributed by atoms with Crippen molar-refractivity contribution < 1.29 is 27.8 Å². The Bertz CT molecular complexity index is 940. The van der Waals surface area contributed by atoms with Crippen molar-refractivity contribution in [2.24, 2.45) is 11.0 Å². The minimum Gasteiger partial charge on any atom is -0.512 e. The number of ether oxygens (including phenoxy) is 1. The molecule has 5 nitrogen and oxygen atoms in total. The average molecular weight is 418 g/mol. The molecule has 1 aliphatic heterocycles. The van der Waals surface area contributed by atoms with Crippen LogP contribution in [-0.2, 0) is 16.1 Å². The summed E-state index contributed by atoms with van der Waals surface area (Å²) >= 11 is 0. The van der Waals surface area contributed by atoms with Crippen molar-refractivity contribution in [2.45, 2.75) is 25.6 Å². The first-order valence-corrected chi connectivity index (χ1v) is 9.27. The summed E-state index contributed by atoms with van der Waals surface area (Å²) in [6.45, 7) is 4.29. The molecule has 0 bridgehead atoms. The fourth-order valence-electron chi connectivity index (χ4n) is 3.21. The molecule has 0 aliphatic carbocycles. The second-order valence-corrected chi connectivity index (χ2v) is 7.05. The first kappa shape index (κ1) is 21.4. The number of carbonyl (C=O) groups is 1. The standard InChI is InChI=1S/C22H21F3N2O3/c1-14(22(23,24)25)20(15(2)28)17-10-8-16(9-11-17)12-27-19(29)13-30-21(26-27)18-6-4-3-5-7-18/h3-11,14,20,28H,2,12-13H2,1H3. The van der Waals surface area contributed by atoms with Crippen LogP contribution in [0.1, 0.15) is 29.5 Å². The number of hydrogen-bond donors (Lipinski definition) is 1. The van der Waals surface area contributed by atoms with Crippen LogP contribution in [0, 0.1) is 5.92 Å². The van der Waals surface area contributed by atoms with Crippen molar-refractivity contribution in [1.82, 2.24) is 5.01 Å². The van der Waals surface area contributed by atoms with E-state index in [1.807, 2.05) is 30.3 Å². The number of hydrogen-bond acceptors (Lipinski definition) is 4. The van der Waals surface area contributed by atoms with Gasteiger partial charge in [-0.25, -0.2) is 5.01 Å². The van der Waals surface area contributed by atoms with Crippen molar-refractivity contribution >= 4 is 11.8 Å². The van der Waals surface area contributed by atoms with Crippen molar-refractivity contribution in [2.75, 3.05) is 6.61 Å². The van der Waals surface area contributed by atoms with Crippen LogP contribution in [0.4, 0.5) is 13.2 Å². The molecule has 0 fully saturated rings. The average Bonchev–Trinajstić information content (AvgIpc) is 2.71. The lowest BCUT2D eigenvalue weighted by Gasteiger charge is -2.26. The van der Waals surface area contributed by atoms with Gasteiger partial charge in [-0.1, -0.05) is 56.0 Å². The van der Waals surface area contributed by atoms with Gasteiger partial charge in [0.2, 0.25) is 5.90 Å². The third kappa shape index (κ3) is 4.82. The SMILES string of the molecule is C=C(O)C(c1ccc(CN2N=C(c3ccccc3)OCC2=O)cc1)C(C)C(F)(F)F. The Hall–Kier alpha value is -3.29. The van der Waals surface area contributed by atoms with Gasteiger partial charge >= 0.3 is 6.18 Å². The summed E-state index contributed by atoms with van der Waals surface area (Å²) in [5.41, 5.74) is 1.70. The second kappa shape index (κ2) is 8.61. The molecule has 8 heteroatoms. The highest BCUT2D eigenvalue weighted by molar-refractivity contribution is 5.97. The molecule has 1 aliphatic rings. The number of amides is 1. The largest absolute Gasteiger partial charge is 0.512 e. The Balaban J connectivity index is 1.79. The number of benzene rings is 2. The van der Waals surface area contributed by atoms with Gasteiger partial charge in [-0.15, -0.1) is 5.10 Å². The maximum Gasteiger partial charge on any atom is 0.392 e. The van der Waals surface area contributed by atoms with E-state index < -0.39 is 23.8 Å². The van der Waals surface area contributed by atoms with Gasteiger partial charge in [0.05, 0.1) is 24.1 Å². The predicted molar refractivity (Wildman–Crippen MR) is 106 cm³/mol. The van der Waals surface area contributed by atoms with Crippen molar-refractivity contribution in [3.05, 3.63) is 83.6 Å². The number of aliphatic hydroxyl groups excluding tert-OH is 1. The van der Waals surface area contributed by atoms with Gasteiger partial charge in [0.25, 0.3) is 5.91 Å². The Labute approximate surface area is 172 Å². The molecule has 0 saturated heterocycles. The van der Waals surface area contributed by atoms with E-state index in [-0.39, 0.29) is 24.6 Å². The molecule has 0 aromatic heterocycles. The minimum absolute atomic E-state index is 0.137. The number of carbonyl (C=O) groups excluding carboxylic acids is 1. The van der Waals surface area contributed by atoms with E-state index in [2.05, 4.69) is 11.7 Å². The van der Waals surface area contributed by atoms with Crippen molar-refractivity contribution in [3.8, 4) is 0 Å². The van der Waals surface area contributed by atoms with E-state index in [1.54, 1.807) is 12.1 Å². The maximum atomic E-state index is 13.1. The maximum absolute atomic E-state index is 13.1. The zero-order chi connectivity index (χ0) is 21.9. The highest BCUT2D eigenvalue weighted by Gasteiger charge is 2.43. The van der Waals surface area contributed by atoms with Crippen LogP contribution in [0.3, 0.4) is 0 Å². The summed E-state index contributed by atoms with van der Waals surface area (Å²) in [6.07, 6.45) is -4.47. The molecule has 1 amide bonds. The monoisotopic (exact) mass is 418 g/mol. The summed E-state index contributed by atoms with van der Waals surface area (Å²) in [5.74, 6) is -3.62. The van der Waals surface area contributed by atoms with Crippen LogP contribution in [-0.4, -0.2) is 34.7 Å². The molecule has 2 aromatic carbocycles. The fraction of sp³-hybridized carbons (Fsp3) is 0.273. The van der Waals surface area contributed by atoms with Crippen LogP contribution < -0.4 is 0 Å². The number of alkyl halides is 3. The van der Waals surface area contributed by atoms with Gasteiger partial charge in [-0.05, 0) is 23.3 Å². The normalized spacial score (nSPS) is 16.5. The number of allylic oxidation sites excluding steroid dienone is 1. The molecule has 1 heterocycles. The van der Waals surface area contributed by atoms with Gasteiger partial charge in [0.15, 0.2) is 6.61 Å². The summed E-state index contributed by atoms with van der Waals surface area (Å²) in [5, 5.41) is 15.2. The number of nitrogens with zero attached hydrogens (tertiary/aromatic N) is 2. The summed E-state index contributed by atoms with van der Waals surface area (Å²) in [7, 11) is 0. The molecule has 158 valence electrons. The van der Waals surface area contributed by atoms with Gasteiger partial charge < -0.3 is 9.84 Å². The first-order valence-electron chi connectivity index (χ1n) is 9.27. The smallest absolute Gasteiger partial charge is 0.392 e. The molecular weight excluding hydrogens is 397 g/mol. The van der Waals surface area contributed by atoms with Gasteiger partial charge in [-0.2, -0.15) is 13.2 Å². The van der Waals surface area contributed by atoms with Crippen LogP contribution in [0.2, 0.25) is 0 Å². The molecule has 0 radical (unpaired) electrons. The van der Waals surface area contributed by atoms with Crippen LogP contribution in [0.5, 0.6) is 0 Å². The fourth-order valence-corrected chi connectivity index (χ4v) is 3.21. The number of rotatable bonds is 6. The van der Waals surface area contributed by atoms with Crippen LogP contribution in [0.15, 0.2) is 72.0 Å². The third-order valence-electron chi connectivity index (χ3n) is 4.90. The lowest BCUT2D eigenvalue weighted by molar-refractivity contribution is -0.175. The summed E-state index contributed by atoms with van der Waals surface area (Å²) < 4.78 is 44.8. The number of aliphatic hydroxyl groups is 1. The van der Waals surface area contributed by atoms with E-state index in [0.717, 1.165) is 12.5 Å². The van der Waals surface area contributed by atoms with E-state index in [0.29, 0.717) is 11.5 Å². The number of hydrazone groups is 1. The second-order valence-electron chi connectivity index (χ2n) is 7.05. The Kier molecular flexibility index (Phi) is 6.14. The lowest BCUT2D eigenvalue weighted by Crippen LogP contribution is -2.36. The highest BCUT2D eigenvalue weighted by Crippen LogP contribution is 2.40. The Morgan fingerprint density at radius 1 is 1.20 bits per heavy atom. The van der Waals surface area contributed by atoms with Crippen molar-refractivity contribution in [3.63, 3.8) is 0 Å². The predicted octanol–water partition coefficient (Wildman–Crippen LogP) is 4.76. The molecule has 0 spiro atoms. The number of halogens is 3. The zero-order valence-corrected chi connectivity index (χ0v) is 16.3. The summed E-state index contributed by atoms with van der Waals surface area (Å²) in [4.78, 5) is 12.2. The summed E-state index contributed by atoms with van der Waals surface area (Å²) in [6, 6.07) is 15.3. The Morgan fingerprint density at radius 2 is 1.83 bits per heavy atom. The molecule has 1 N–H and O–H groups in total. The minimum atomic E-state index is -4.47. The van der Waals surface area contributed by atoms with Crippen molar-refractivity contribution in [1.29, 1.82) is 0 Å². The molecule has 0 saturated carbocycles. The molecule has 3 rings (SSSR count). The van der Waals surface area contributed by atoms with Gasteiger partial charge in [0.1, 0.15) is 0 Å². The quantitative estimate of drug-likeness (QED) is 0.688. The third-order valence-corrected chi connectivity index (χ3v) is 4.90. The van der Waals surface area contributed by atoms with Gasteiger partial charge in [-0.3, -0.25) is 4.79 Å². The lowest BCUT2D eigenvalue weighted by atomic mass is 9.85. The molecule has 2 atom stereocenters. The van der Waals surface area contributed by atoms with E-state index in [9.17, 15) is 23.1 Å². The first-order chi connectivity index (χ1) is 14.2. The zero-order valence-electron chi connectivity index (χ0n) is 16.3. The molecule has 30 heavy (non-hydrogen) atoms. The molecule has 2 unspecified atom stereocenters. The Morgan fingerprint density at radius 3 is 2.40 bits per heavy atom.